The Kier molecular flexibility index (Phi) is 5.69. The maximum absolute atomic E-state index is 9.47. The molecule has 1 rings (SSSR count). The van der Waals surface area contributed by atoms with E-state index in [1.807, 2.05) is 0 Å². The molecule has 0 bridgehead atoms. The van der Waals surface area contributed by atoms with Crippen molar-refractivity contribution in [2.75, 3.05) is 26.8 Å². The number of nitrogens with two attached hydrogens (primary N) is 1. The minimum absolute atomic E-state index is 0.0455. The van der Waals surface area contributed by atoms with Crippen LogP contribution in [0.3, 0.4) is 0 Å². The third-order valence-electron chi connectivity index (χ3n) is 3.68. The van der Waals surface area contributed by atoms with E-state index in [1.54, 1.807) is 7.11 Å². The number of piperidine rings is 1. The van der Waals surface area contributed by atoms with Gasteiger partial charge in [0.15, 0.2) is 0 Å². The smallest absolute Gasteiger partial charge is 0.0602 e. The Labute approximate surface area is 98.8 Å². The van der Waals surface area contributed by atoms with Crippen LogP contribution in [0, 0.1) is 5.92 Å². The summed E-state index contributed by atoms with van der Waals surface area (Å²) in [6.07, 6.45) is 2.46. The largest absolute Gasteiger partial charge is 0.395 e. The number of hydrogen-bond donors (Lipinski definition) is 2. The molecule has 0 aromatic heterocycles. The topological polar surface area (TPSA) is 58.7 Å². The van der Waals surface area contributed by atoms with Gasteiger partial charge in [-0.2, -0.15) is 0 Å². The highest BCUT2D eigenvalue weighted by molar-refractivity contribution is 4.86. The first kappa shape index (κ1) is 13.9. The average molecular weight is 230 g/mol. The molecule has 0 aliphatic carbocycles. The first-order valence-electron chi connectivity index (χ1n) is 6.23. The number of likely N-dealkylation sites (tertiary alicyclic amines) is 1. The molecule has 4 nitrogen and oxygen atoms in total. The van der Waals surface area contributed by atoms with Gasteiger partial charge >= 0.3 is 0 Å². The summed E-state index contributed by atoms with van der Waals surface area (Å²) < 4.78 is 5.34. The van der Waals surface area contributed by atoms with E-state index in [0.717, 1.165) is 25.9 Å². The van der Waals surface area contributed by atoms with E-state index >= 15 is 0 Å². The molecule has 1 saturated heterocycles. The second-order valence-corrected chi connectivity index (χ2v) is 5.04. The first-order valence-corrected chi connectivity index (χ1v) is 6.23. The Morgan fingerprint density at radius 3 is 2.31 bits per heavy atom. The van der Waals surface area contributed by atoms with E-state index in [2.05, 4.69) is 18.7 Å². The van der Waals surface area contributed by atoms with E-state index in [0.29, 0.717) is 12.0 Å². The molecule has 1 aliphatic rings. The molecule has 0 saturated carbocycles. The van der Waals surface area contributed by atoms with Gasteiger partial charge in [0, 0.05) is 32.3 Å². The number of methoxy groups -OCH3 is 1. The molecule has 1 heterocycles. The predicted octanol–water partition coefficient (Wildman–Crippen LogP) is 0.441. The zero-order valence-electron chi connectivity index (χ0n) is 10.7. The van der Waals surface area contributed by atoms with Crippen LogP contribution in [-0.2, 0) is 4.74 Å². The van der Waals surface area contributed by atoms with Gasteiger partial charge < -0.3 is 15.6 Å². The standard InChI is InChI=1S/C12H26N2O2/c1-9(2)12(13)11(8-15)14-6-4-10(16-3)5-7-14/h9-12,15H,4-8,13H2,1-3H3. The molecular weight excluding hydrogens is 204 g/mol. The number of nitrogens with zero attached hydrogens (tertiary/aromatic N) is 1. The molecule has 4 heteroatoms. The van der Waals surface area contributed by atoms with Gasteiger partial charge in [-0.15, -0.1) is 0 Å². The normalized spacial score (nSPS) is 23.6. The van der Waals surface area contributed by atoms with E-state index in [1.165, 1.54) is 0 Å². The van der Waals surface area contributed by atoms with Crippen molar-refractivity contribution in [1.82, 2.24) is 4.90 Å². The minimum atomic E-state index is 0.0455. The van der Waals surface area contributed by atoms with E-state index in [9.17, 15) is 5.11 Å². The predicted molar refractivity (Wildman–Crippen MR) is 65.3 cm³/mol. The van der Waals surface area contributed by atoms with Gasteiger partial charge in [-0.3, -0.25) is 4.90 Å². The van der Waals surface area contributed by atoms with Crippen molar-refractivity contribution in [1.29, 1.82) is 0 Å². The summed E-state index contributed by atoms with van der Waals surface area (Å²) in [5, 5.41) is 9.47. The van der Waals surface area contributed by atoms with Crippen molar-refractivity contribution in [3.05, 3.63) is 0 Å². The van der Waals surface area contributed by atoms with Gasteiger partial charge in [-0.1, -0.05) is 13.8 Å². The van der Waals surface area contributed by atoms with Gasteiger partial charge in [-0.25, -0.2) is 0 Å². The highest BCUT2D eigenvalue weighted by atomic mass is 16.5. The number of ether oxygens (including phenoxy) is 1. The summed E-state index contributed by atoms with van der Waals surface area (Å²) in [6, 6.07) is 0.141. The lowest BCUT2D eigenvalue weighted by Gasteiger charge is -2.40. The number of aliphatic hydroxyl groups excluding tert-OH is 1. The molecule has 1 fully saturated rings. The van der Waals surface area contributed by atoms with Crippen LogP contribution in [0.1, 0.15) is 26.7 Å². The Morgan fingerprint density at radius 2 is 1.94 bits per heavy atom. The molecule has 2 atom stereocenters. The Bertz CT molecular complexity index is 191. The molecule has 3 N–H and O–H groups in total. The van der Waals surface area contributed by atoms with Gasteiger partial charge in [-0.05, 0) is 18.8 Å². The van der Waals surface area contributed by atoms with E-state index in [4.69, 9.17) is 10.5 Å². The molecule has 0 spiro atoms. The molecule has 0 amide bonds. The maximum Gasteiger partial charge on any atom is 0.0602 e. The van der Waals surface area contributed by atoms with Crippen LogP contribution < -0.4 is 5.73 Å². The molecule has 1 aliphatic heterocycles. The monoisotopic (exact) mass is 230 g/mol. The van der Waals surface area contributed by atoms with Crippen molar-refractivity contribution in [3.8, 4) is 0 Å². The third-order valence-corrected chi connectivity index (χ3v) is 3.68. The SMILES string of the molecule is COC1CCN(C(CO)C(N)C(C)C)CC1. The molecule has 16 heavy (non-hydrogen) atoms. The molecular formula is C12H26N2O2. The molecule has 0 aromatic carbocycles. The van der Waals surface area contributed by atoms with Crippen molar-refractivity contribution in [2.24, 2.45) is 11.7 Å². The van der Waals surface area contributed by atoms with Crippen LogP contribution >= 0.6 is 0 Å². The second kappa shape index (κ2) is 6.55. The van der Waals surface area contributed by atoms with E-state index in [-0.39, 0.29) is 18.7 Å². The first-order chi connectivity index (χ1) is 7.60. The van der Waals surface area contributed by atoms with Crippen molar-refractivity contribution in [3.63, 3.8) is 0 Å². The lowest BCUT2D eigenvalue weighted by Crippen LogP contribution is -2.55. The van der Waals surface area contributed by atoms with Gasteiger partial charge in [0.05, 0.1) is 12.7 Å². The van der Waals surface area contributed by atoms with Crippen molar-refractivity contribution >= 4 is 0 Å². The summed E-state index contributed by atoms with van der Waals surface area (Å²) in [5.74, 6) is 0.400. The Morgan fingerprint density at radius 1 is 1.38 bits per heavy atom. The zero-order valence-corrected chi connectivity index (χ0v) is 10.7. The fourth-order valence-corrected chi connectivity index (χ4v) is 2.37. The third kappa shape index (κ3) is 3.42. The van der Waals surface area contributed by atoms with Crippen LogP contribution in [-0.4, -0.2) is 55.0 Å². The minimum Gasteiger partial charge on any atom is -0.395 e. The fraction of sp³-hybridized carbons (Fsp3) is 1.00. The van der Waals surface area contributed by atoms with Crippen LogP contribution in [0.2, 0.25) is 0 Å². The summed E-state index contributed by atoms with van der Waals surface area (Å²) in [4.78, 5) is 2.31. The molecule has 96 valence electrons. The summed E-state index contributed by atoms with van der Waals surface area (Å²) in [5.41, 5.74) is 6.14. The summed E-state index contributed by atoms with van der Waals surface area (Å²) >= 11 is 0. The van der Waals surface area contributed by atoms with Crippen LogP contribution in [0.25, 0.3) is 0 Å². The summed E-state index contributed by atoms with van der Waals surface area (Å²) in [7, 11) is 1.77. The van der Waals surface area contributed by atoms with Crippen molar-refractivity contribution in [2.45, 2.75) is 44.9 Å². The maximum atomic E-state index is 9.47. The van der Waals surface area contributed by atoms with Crippen LogP contribution in [0.15, 0.2) is 0 Å². The zero-order chi connectivity index (χ0) is 12.1. The van der Waals surface area contributed by atoms with Crippen molar-refractivity contribution < 1.29 is 9.84 Å². The highest BCUT2D eigenvalue weighted by Crippen LogP contribution is 2.18. The Hall–Kier alpha value is -0.160. The second-order valence-electron chi connectivity index (χ2n) is 5.04. The number of rotatable bonds is 5. The molecule has 2 unspecified atom stereocenters. The fourth-order valence-electron chi connectivity index (χ4n) is 2.37. The number of hydrogen-bond acceptors (Lipinski definition) is 4. The van der Waals surface area contributed by atoms with Crippen LogP contribution in [0.5, 0.6) is 0 Å². The van der Waals surface area contributed by atoms with Crippen LogP contribution in [0.4, 0.5) is 0 Å². The lowest BCUT2D eigenvalue weighted by molar-refractivity contribution is 0.00709. The van der Waals surface area contributed by atoms with Gasteiger partial charge in [0.1, 0.15) is 0 Å². The van der Waals surface area contributed by atoms with E-state index < -0.39 is 0 Å². The molecule has 0 radical (unpaired) electrons. The highest BCUT2D eigenvalue weighted by Gasteiger charge is 2.29. The number of aliphatic hydroxyl groups is 1. The molecule has 0 aromatic rings. The Balaban J connectivity index is 2.49. The summed E-state index contributed by atoms with van der Waals surface area (Å²) in [6.45, 7) is 6.32. The average Bonchev–Trinajstić information content (AvgIpc) is 2.30. The quantitative estimate of drug-likeness (QED) is 0.719. The lowest BCUT2D eigenvalue weighted by atomic mass is 9.94. The van der Waals surface area contributed by atoms with Gasteiger partial charge in [0.25, 0.3) is 0 Å². The van der Waals surface area contributed by atoms with Gasteiger partial charge in [0.2, 0.25) is 0 Å².